The van der Waals surface area contributed by atoms with Gasteiger partial charge in [0.15, 0.2) is 0 Å². The van der Waals surface area contributed by atoms with Crippen molar-refractivity contribution in [3.8, 4) is 0 Å². The second-order valence-corrected chi connectivity index (χ2v) is 4.30. The Morgan fingerprint density at radius 2 is 2.13 bits per heavy atom. The molecule has 0 aromatic heterocycles. The van der Waals surface area contributed by atoms with Gasteiger partial charge in [-0.05, 0) is 19.1 Å². The molecule has 1 unspecified atom stereocenters. The van der Waals surface area contributed by atoms with Crippen molar-refractivity contribution < 1.29 is 9.90 Å². The molecule has 0 spiro atoms. The molecule has 3 nitrogen and oxygen atoms in total. The second-order valence-electron chi connectivity index (χ2n) is 3.25. The van der Waals surface area contributed by atoms with Crippen LogP contribution in [0.3, 0.4) is 0 Å². The fraction of sp³-hybridized carbons (Fsp3) is 0.364. The Bertz CT molecular complexity index is 303. The lowest BCUT2D eigenvalue weighted by molar-refractivity contribution is -0.119. The highest BCUT2D eigenvalue weighted by molar-refractivity contribution is 8.00. The number of amides is 1. The molecule has 1 atom stereocenters. The van der Waals surface area contributed by atoms with Gasteiger partial charge in [-0.1, -0.05) is 18.2 Å². The van der Waals surface area contributed by atoms with E-state index in [2.05, 4.69) is 5.32 Å². The van der Waals surface area contributed by atoms with Gasteiger partial charge in [-0.2, -0.15) is 0 Å². The topological polar surface area (TPSA) is 49.3 Å². The van der Waals surface area contributed by atoms with E-state index in [9.17, 15) is 4.79 Å². The van der Waals surface area contributed by atoms with Gasteiger partial charge >= 0.3 is 0 Å². The maximum Gasteiger partial charge on any atom is 0.230 e. The number of aliphatic hydroxyl groups is 1. The van der Waals surface area contributed by atoms with Crippen LogP contribution in [-0.2, 0) is 4.79 Å². The summed E-state index contributed by atoms with van der Waals surface area (Å²) in [5.74, 6) is 0.333. The monoisotopic (exact) mass is 225 g/mol. The molecule has 0 heterocycles. The van der Waals surface area contributed by atoms with Crippen LogP contribution >= 0.6 is 11.8 Å². The number of carbonyl (C=O) groups excluding carboxylic acids is 1. The van der Waals surface area contributed by atoms with Crippen LogP contribution < -0.4 is 5.32 Å². The zero-order valence-electron chi connectivity index (χ0n) is 8.64. The molecule has 0 radical (unpaired) electrons. The summed E-state index contributed by atoms with van der Waals surface area (Å²) in [5.41, 5.74) is 0. The molecule has 1 aromatic carbocycles. The number of rotatable bonds is 5. The molecule has 15 heavy (non-hydrogen) atoms. The molecule has 1 rings (SSSR count). The summed E-state index contributed by atoms with van der Waals surface area (Å²) in [5, 5.41) is 11.4. The number of aliphatic hydroxyl groups excluding tert-OH is 1. The van der Waals surface area contributed by atoms with E-state index in [1.54, 1.807) is 6.92 Å². The Hall–Kier alpha value is -1.00. The lowest BCUT2D eigenvalue weighted by atomic mass is 10.4. The number of nitrogens with one attached hydrogen (secondary N) is 1. The molecule has 0 bridgehead atoms. The third-order valence-electron chi connectivity index (χ3n) is 1.79. The Balaban J connectivity index is 2.29. The second kappa shape index (κ2) is 6.48. The first-order chi connectivity index (χ1) is 7.22. The van der Waals surface area contributed by atoms with Gasteiger partial charge in [-0.3, -0.25) is 4.79 Å². The summed E-state index contributed by atoms with van der Waals surface area (Å²) in [6.45, 7) is 1.74. The third kappa shape index (κ3) is 4.85. The summed E-state index contributed by atoms with van der Waals surface area (Å²) in [4.78, 5) is 12.4. The van der Waals surface area contributed by atoms with E-state index >= 15 is 0 Å². The first-order valence-electron chi connectivity index (χ1n) is 4.80. The number of benzene rings is 1. The summed E-state index contributed by atoms with van der Waals surface area (Å²) in [6, 6.07) is 9.58. The number of carbonyl (C=O) groups is 1. The summed E-state index contributed by atoms with van der Waals surface area (Å²) < 4.78 is 0. The van der Waals surface area contributed by atoms with E-state index in [4.69, 9.17) is 5.11 Å². The lowest BCUT2D eigenvalue weighted by Gasteiger charge is -2.10. The Labute approximate surface area is 93.9 Å². The first kappa shape index (κ1) is 12.1. The van der Waals surface area contributed by atoms with Crippen molar-refractivity contribution >= 4 is 17.7 Å². The smallest absolute Gasteiger partial charge is 0.230 e. The van der Waals surface area contributed by atoms with E-state index in [-0.39, 0.29) is 18.6 Å². The summed E-state index contributed by atoms with van der Waals surface area (Å²) in [6.07, 6.45) is 0. The minimum atomic E-state index is -0.172. The van der Waals surface area contributed by atoms with Gasteiger partial charge < -0.3 is 10.4 Å². The largest absolute Gasteiger partial charge is 0.394 e. The van der Waals surface area contributed by atoms with Gasteiger partial charge in [-0.15, -0.1) is 11.8 Å². The molecule has 0 saturated heterocycles. The molecule has 4 heteroatoms. The van der Waals surface area contributed by atoms with E-state index in [0.29, 0.717) is 5.75 Å². The predicted octanol–water partition coefficient (Wildman–Crippen LogP) is 1.28. The molecule has 0 fully saturated rings. The van der Waals surface area contributed by atoms with Crippen molar-refractivity contribution in [2.75, 3.05) is 12.4 Å². The van der Waals surface area contributed by atoms with Crippen molar-refractivity contribution in [2.24, 2.45) is 0 Å². The van der Waals surface area contributed by atoms with Gasteiger partial charge in [-0.25, -0.2) is 0 Å². The van der Waals surface area contributed by atoms with E-state index in [1.807, 2.05) is 30.3 Å². The Morgan fingerprint density at radius 1 is 1.47 bits per heavy atom. The Morgan fingerprint density at radius 3 is 2.73 bits per heavy atom. The van der Waals surface area contributed by atoms with Crippen molar-refractivity contribution in [3.05, 3.63) is 30.3 Å². The average Bonchev–Trinajstić information content (AvgIpc) is 2.27. The van der Waals surface area contributed by atoms with E-state index in [0.717, 1.165) is 4.90 Å². The summed E-state index contributed by atoms with van der Waals surface area (Å²) in [7, 11) is 0. The van der Waals surface area contributed by atoms with E-state index in [1.165, 1.54) is 11.8 Å². The summed E-state index contributed by atoms with van der Waals surface area (Å²) >= 11 is 1.49. The third-order valence-corrected chi connectivity index (χ3v) is 2.81. The molecule has 0 aliphatic rings. The fourth-order valence-corrected chi connectivity index (χ4v) is 1.76. The van der Waals surface area contributed by atoms with Crippen LogP contribution in [0.15, 0.2) is 35.2 Å². The molecule has 1 amide bonds. The van der Waals surface area contributed by atoms with Gasteiger partial charge in [0.25, 0.3) is 0 Å². The highest BCUT2D eigenvalue weighted by Crippen LogP contribution is 2.16. The SMILES string of the molecule is CC(CO)NC(=O)CSc1ccccc1. The van der Waals surface area contributed by atoms with Crippen LogP contribution in [0.1, 0.15) is 6.92 Å². The van der Waals surface area contributed by atoms with E-state index < -0.39 is 0 Å². The van der Waals surface area contributed by atoms with Crippen LogP contribution in [0.5, 0.6) is 0 Å². The Kier molecular flexibility index (Phi) is 5.21. The number of hydrogen-bond donors (Lipinski definition) is 2. The minimum Gasteiger partial charge on any atom is -0.394 e. The zero-order chi connectivity index (χ0) is 11.1. The van der Waals surface area contributed by atoms with Crippen molar-refractivity contribution in [1.29, 1.82) is 0 Å². The van der Waals surface area contributed by atoms with Gasteiger partial charge in [0, 0.05) is 10.9 Å². The molecule has 1 aromatic rings. The first-order valence-corrected chi connectivity index (χ1v) is 5.79. The predicted molar refractivity (Wildman–Crippen MR) is 61.9 cm³/mol. The lowest BCUT2D eigenvalue weighted by Crippen LogP contribution is -2.36. The van der Waals surface area contributed by atoms with Crippen LogP contribution in [0, 0.1) is 0 Å². The molecule has 2 N–H and O–H groups in total. The maximum absolute atomic E-state index is 11.3. The van der Waals surface area contributed by atoms with Crippen LogP contribution in [0.4, 0.5) is 0 Å². The molecular formula is C11H15NO2S. The van der Waals surface area contributed by atoms with Gasteiger partial charge in [0.2, 0.25) is 5.91 Å². The quantitative estimate of drug-likeness (QED) is 0.742. The average molecular weight is 225 g/mol. The normalized spacial score (nSPS) is 12.1. The molecular weight excluding hydrogens is 210 g/mol. The highest BCUT2D eigenvalue weighted by atomic mass is 32.2. The number of hydrogen-bond acceptors (Lipinski definition) is 3. The zero-order valence-corrected chi connectivity index (χ0v) is 9.46. The maximum atomic E-state index is 11.3. The van der Waals surface area contributed by atoms with Gasteiger partial charge in [0.05, 0.1) is 12.4 Å². The van der Waals surface area contributed by atoms with Crippen molar-refractivity contribution in [1.82, 2.24) is 5.32 Å². The van der Waals surface area contributed by atoms with Crippen molar-refractivity contribution in [3.63, 3.8) is 0 Å². The highest BCUT2D eigenvalue weighted by Gasteiger charge is 2.06. The number of thioether (sulfide) groups is 1. The van der Waals surface area contributed by atoms with Crippen LogP contribution in [0.2, 0.25) is 0 Å². The molecule has 0 aliphatic carbocycles. The minimum absolute atomic E-state index is 0.0260. The molecule has 0 aliphatic heterocycles. The van der Waals surface area contributed by atoms with Crippen LogP contribution in [-0.4, -0.2) is 29.4 Å². The standard InChI is InChI=1S/C11H15NO2S/c1-9(7-13)12-11(14)8-15-10-5-3-2-4-6-10/h2-6,9,13H,7-8H2,1H3,(H,12,14). The van der Waals surface area contributed by atoms with Crippen molar-refractivity contribution in [2.45, 2.75) is 17.9 Å². The molecule has 82 valence electrons. The molecule has 0 saturated carbocycles. The van der Waals surface area contributed by atoms with Gasteiger partial charge in [0.1, 0.15) is 0 Å². The van der Waals surface area contributed by atoms with Crippen LogP contribution in [0.25, 0.3) is 0 Å². The fourth-order valence-electron chi connectivity index (χ4n) is 1.03.